The Kier molecular flexibility index (Phi) is 5.53. The van der Waals surface area contributed by atoms with Crippen molar-refractivity contribution in [2.45, 2.75) is 33.1 Å². The predicted octanol–water partition coefficient (Wildman–Crippen LogP) is 3.86. The first kappa shape index (κ1) is 16.0. The molecule has 4 nitrogen and oxygen atoms in total. The molecule has 0 fully saturated rings. The van der Waals surface area contributed by atoms with Gasteiger partial charge in [-0.25, -0.2) is 0 Å². The van der Waals surface area contributed by atoms with Crippen molar-refractivity contribution < 1.29 is 14.6 Å². The highest BCUT2D eigenvalue weighted by Crippen LogP contribution is 2.24. The zero-order chi connectivity index (χ0) is 15.9. The van der Waals surface area contributed by atoms with Gasteiger partial charge in [-0.05, 0) is 43.5 Å². The molecule has 0 aliphatic rings. The maximum Gasteiger partial charge on any atom is 0.303 e. The van der Waals surface area contributed by atoms with Crippen molar-refractivity contribution in [2.75, 3.05) is 6.61 Å². The highest BCUT2D eigenvalue weighted by molar-refractivity contribution is 5.67. The first-order valence-corrected chi connectivity index (χ1v) is 7.51. The van der Waals surface area contributed by atoms with Gasteiger partial charge in [0.1, 0.15) is 5.75 Å². The van der Waals surface area contributed by atoms with Gasteiger partial charge in [-0.2, -0.15) is 0 Å². The van der Waals surface area contributed by atoms with Crippen molar-refractivity contribution >= 4 is 5.97 Å². The number of rotatable bonds is 7. The summed E-state index contributed by atoms with van der Waals surface area (Å²) < 4.78 is 5.64. The molecule has 1 N–H and O–H groups in total. The van der Waals surface area contributed by atoms with E-state index < -0.39 is 5.97 Å². The van der Waals surface area contributed by atoms with E-state index in [-0.39, 0.29) is 6.42 Å². The maximum atomic E-state index is 10.7. The van der Waals surface area contributed by atoms with Gasteiger partial charge in [0.2, 0.25) is 0 Å². The smallest absolute Gasteiger partial charge is 0.303 e. The van der Waals surface area contributed by atoms with Gasteiger partial charge in [-0.1, -0.05) is 25.1 Å². The monoisotopic (exact) mass is 299 g/mol. The second-order valence-corrected chi connectivity index (χ2v) is 5.21. The standard InChI is InChI=1S/C18H21NO3/c1-3-11-22-16-6-4-5-15(12-16)17-9-7-14(13(2)19-17)8-10-18(20)21/h4-7,9,12H,3,8,10-11H2,1-2H3,(H,20,21). The first-order valence-electron chi connectivity index (χ1n) is 7.51. The molecule has 1 aromatic carbocycles. The van der Waals surface area contributed by atoms with Crippen LogP contribution in [0.3, 0.4) is 0 Å². The minimum absolute atomic E-state index is 0.127. The Morgan fingerprint density at radius 2 is 2.09 bits per heavy atom. The van der Waals surface area contributed by atoms with E-state index in [1.807, 2.05) is 43.3 Å². The number of aromatic nitrogens is 1. The number of aliphatic carboxylic acids is 1. The second-order valence-electron chi connectivity index (χ2n) is 5.21. The fourth-order valence-corrected chi connectivity index (χ4v) is 2.22. The Morgan fingerprint density at radius 1 is 1.27 bits per heavy atom. The maximum absolute atomic E-state index is 10.7. The molecule has 4 heteroatoms. The van der Waals surface area contributed by atoms with Crippen LogP contribution in [0.1, 0.15) is 31.0 Å². The molecule has 0 bridgehead atoms. The van der Waals surface area contributed by atoms with Crippen LogP contribution >= 0.6 is 0 Å². The average molecular weight is 299 g/mol. The summed E-state index contributed by atoms with van der Waals surface area (Å²) in [5.41, 5.74) is 3.73. The normalized spacial score (nSPS) is 10.5. The third-order valence-corrected chi connectivity index (χ3v) is 3.41. The fourth-order valence-electron chi connectivity index (χ4n) is 2.22. The Morgan fingerprint density at radius 3 is 2.77 bits per heavy atom. The Hall–Kier alpha value is -2.36. The van der Waals surface area contributed by atoms with Gasteiger partial charge in [0.05, 0.1) is 12.3 Å². The SMILES string of the molecule is CCCOc1cccc(-c2ccc(CCC(=O)O)c(C)n2)c1. The Balaban J connectivity index is 2.18. The van der Waals surface area contributed by atoms with E-state index >= 15 is 0 Å². The molecule has 0 aliphatic heterocycles. The molecule has 0 saturated carbocycles. The van der Waals surface area contributed by atoms with Crippen molar-refractivity contribution in [1.29, 1.82) is 0 Å². The van der Waals surface area contributed by atoms with Gasteiger partial charge in [-0.15, -0.1) is 0 Å². The zero-order valence-corrected chi connectivity index (χ0v) is 13.0. The second kappa shape index (κ2) is 7.59. The summed E-state index contributed by atoms with van der Waals surface area (Å²) in [6.45, 7) is 4.69. The van der Waals surface area contributed by atoms with E-state index in [0.29, 0.717) is 13.0 Å². The number of carboxylic acid groups (broad SMARTS) is 1. The predicted molar refractivity (Wildman–Crippen MR) is 86.2 cm³/mol. The molecule has 22 heavy (non-hydrogen) atoms. The zero-order valence-electron chi connectivity index (χ0n) is 13.0. The summed E-state index contributed by atoms with van der Waals surface area (Å²) in [5, 5.41) is 8.77. The number of carbonyl (C=O) groups is 1. The molecule has 0 unspecified atom stereocenters. The summed E-state index contributed by atoms with van der Waals surface area (Å²) in [4.78, 5) is 15.3. The van der Waals surface area contributed by atoms with Gasteiger partial charge in [0, 0.05) is 17.7 Å². The molecular weight excluding hydrogens is 278 g/mol. The molecule has 0 radical (unpaired) electrons. The Labute approximate surface area is 130 Å². The topological polar surface area (TPSA) is 59.4 Å². The minimum Gasteiger partial charge on any atom is -0.494 e. The first-order chi connectivity index (χ1) is 10.6. The molecule has 1 aromatic heterocycles. The number of ether oxygens (including phenoxy) is 1. The van der Waals surface area contributed by atoms with Crippen LogP contribution in [-0.2, 0) is 11.2 Å². The van der Waals surface area contributed by atoms with Crippen LogP contribution < -0.4 is 4.74 Å². The lowest BCUT2D eigenvalue weighted by Gasteiger charge is -2.09. The molecule has 0 atom stereocenters. The molecule has 0 aliphatic carbocycles. The average Bonchev–Trinajstić information content (AvgIpc) is 2.52. The van der Waals surface area contributed by atoms with E-state index in [1.54, 1.807) is 0 Å². The van der Waals surface area contributed by atoms with Gasteiger partial charge < -0.3 is 9.84 Å². The third-order valence-electron chi connectivity index (χ3n) is 3.41. The van der Waals surface area contributed by atoms with Crippen molar-refractivity contribution in [2.24, 2.45) is 0 Å². The van der Waals surface area contributed by atoms with Crippen LogP contribution in [0.4, 0.5) is 0 Å². The number of aryl methyl sites for hydroxylation is 2. The lowest BCUT2D eigenvalue weighted by atomic mass is 10.1. The van der Waals surface area contributed by atoms with Gasteiger partial charge in [0.15, 0.2) is 0 Å². The number of carboxylic acids is 1. The fraction of sp³-hybridized carbons (Fsp3) is 0.333. The van der Waals surface area contributed by atoms with Crippen LogP contribution in [0.25, 0.3) is 11.3 Å². The van der Waals surface area contributed by atoms with E-state index in [4.69, 9.17) is 9.84 Å². The van der Waals surface area contributed by atoms with Crippen LogP contribution in [0.5, 0.6) is 5.75 Å². The van der Waals surface area contributed by atoms with Crippen molar-refractivity contribution in [3.05, 3.63) is 47.7 Å². The van der Waals surface area contributed by atoms with Gasteiger partial charge in [-0.3, -0.25) is 9.78 Å². The van der Waals surface area contributed by atoms with Gasteiger partial charge in [0.25, 0.3) is 0 Å². The number of nitrogens with zero attached hydrogens (tertiary/aromatic N) is 1. The van der Waals surface area contributed by atoms with E-state index in [9.17, 15) is 4.79 Å². The quantitative estimate of drug-likeness (QED) is 0.843. The number of pyridine rings is 1. The highest BCUT2D eigenvalue weighted by atomic mass is 16.5. The van der Waals surface area contributed by atoms with Crippen molar-refractivity contribution in [3.63, 3.8) is 0 Å². The van der Waals surface area contributed by atoms with Gasteiger partial charge >= 0.3 is 5.97 Å². The molecule has 1 heterocycles. The lowest BCUT2D eigenvalue weighted by molar-refractivity contribution is -0.136. The Bertz CT molecular complexity index is 653. The largest absolute Gasteiger partial charge is 0.494 e. The number of benzene rings is 1. The molecule has 116 valence electrons. The third kappa shape index (κ3) is 4.32. The van der Waals surface area contributed by atoms with E-state index in [0.717, 1.165) is 34.7 Å². The summed E-state index contributed by atoms with van der Waals surface area (Å²) in [5.74, 6) is 0.0537. The van der Waals surface area contributed by atoms with Crippen molar-refractivity contribution in [1.82, 2.24) is 4.98 Å². The molecule has 0 spiro atoms. The summed E-state index contributed by atoms with van der Waals surface area (Å²) in [6, 6.07) is 11.8. The summed E-state index contributed by atoms with van der Waals surface area (Å²) in [6.07, 6.45) is 1.61. The number of hydrogen-bond donors (Lipinski definition) is 1. The number of hydrogen-bond acceptors (Lipinski definition) is 3. The summed E-state index contributed by atoms with van der Waals surface area (Å²) in [7, 11) is 0. The van der Waals surface area contributed by atoms with Crippen LogP contribution in [0.2, 0.25) is 0 Å². The highest BCUT2D eigenvalue weighted by Gasteiger charge is 2.07. The molecule has 0 saturated heterocycles. The molecule has 2 rings (SSSR count). The molecular formula is C18H21NO3. The van der Waals surface area contributed by atoms with E-state index in [2.05, 4.69) is 11.9 Å². The van der Waals surface area contributed by atoms with Crippen LogP contribution in [0.15, 0.2) is 36.4 Å². The molecule has 0 amide bonds. The minimum atomic E-state index is -0.788. The van der Waals surface area contributed by atoms with Crippen LogP contribution in [0, 0.1) is 6.92 Å². The lowest BCUT2D eigenvalue weighted by Crippen LogP contribution is -2.01. The van der Waals surface area contributed by atoms with Crippen LogP contribution in [-0.4, -0.2) is 22.7 Å². The molecule has 2 aromatic rings. The van der Waals surface area contributed by atoms with E-state index in [1.165, 1.54) is 0 Å². The summed E-state index contributed by atoms with van der Waals surface area (Å²) >= 11 is 0. The van der Waals surface area contributed by atoms with Crippen molar-refractivity contribution in [3.8, 4) is 17.0 Å².